The second-order valence-electron chi connectivity index (χ2n) is 3.68. The van der Waals surface area contributed by atoms with Crippen molar-refractivity contribution in [1.82, 2.24) is 5.59 Å². The minimum Gasteiger partial charge on any atom is -0.392 e. The Bertz CT molecular complexity index is 382. The minimum absolute atomic E-state index is 0.737. The van der Waals surface area contributed by atoms with Gasteiger partial charge in [0.15, 0.2) is 0 Å². The van der Waals surface area contributed by atoms with Gasteiger partial charge in [0.2, 0.25) is 0 Å². The van der Waals surface area contributed by atoms with Crippen LogP contribution in [-0.4, -0.2) is 6.54 Å². The molecule has 1 saturated heterocycles. The van der Waals surface area contributed by atoms with E-state index in [1.54, 1.807) is 0 Å². The van der Waals surface area contributed by atoms with E-state index in [4.69, 9.17) is 16.4 Å². The first-order valence-electron chi connectivity index (χ1n) is 4.79. The summed E-state index contributed by atoms with van der Waals surface area (Å²) in [6.45, 7) is 4.80. The van der Waals surface area contributed by atoms with Gasteiger partial charge >= 0.3 is 0 Å². The molecule has 80 valence electrons. The molecule has 0 aromatic heterocycles. The normalized spacial score (nSPS) is 15.4. The van der Waals surface area contributed by atoms with Gasteiger partial charge in [-0.1, -0.05) is 17.2 Å². The average Bonchev–Trinajstić information content (AvgIpc) is 2.68. The zero-order valence-electron chi connectivity index (χ0n) is 8.75. The molecule has 0 atom stereocenters. The zero-order valence-corrected chi connectivity index (χ0v) is 9.51. The lowest BCUT2D eigenvalue weighted by atomic mass is 10.2. The van der Waals surface area contributed by atoms with Crippen LogP contribution in [0.5, 0.6) is 0 Å². The Hall–Kier alpha value is -1.19. The van der Waals surface area contributed by atoms with Crippen LogP contribution < -0.4 is 10.6 Å². The van der Waals surface area contributed by atoms with Crippen LogP contribution in [-0.2, 0) is 4.84 Å². The molecule has 0 bridgehead atoms. The summed E-state index contributed by atoms with van der Waals surface area (Å²) in [6.07, 6.45) is 0. The maximum atomic E-state index is 5.82. The number of hydrazine groups is 1. The molecule has 1 N–H and O–H groups in total. The van der Waals surface area contributed by atoms with Crippen molar-refractivity contribution in [3.8, 4) is 0 Å². The highest BCUT2D eigenvalue weighted by molar-refractivity contribution is 6.30. The molecule has 0 amide bonds. The van der Waals surface area contributed by atoms with Crippen molar-refractivity contribution < 1.29 is 4.84 Å². The molecule has 1 heterocycles. The summed E-state index contributed by atoms with van der Waals surface area (Å²) >= 11 is 5.82. The molecule has 1 aromatic rings. The average molecular weight is 225 g/mol. The first kappa shape index (κ1) is 10.3. The van der Waals surface area contributed by atoms with Crippen LogP contribution in [0.15, 0.2) is 35.6 Å². The van der Waals surface area contributed by atoms with Gasteiger partial charge in [0.05, 0.1) is 12.2 Å². The number of allylic oxidation sites excluding steroid dienone is 1. The fourth-order valence-electron chi connectivity index (χ4n) is 1.34. The van der Waals surface area contributed by atoms with Crippen molar-refractivity contribution in [2.45, 2.75) is 13.8 Å². The number of nitrogens with one attached hydrogen (secondary N) is 1. The van der Waals surface area contributed by atoms with E-state index in [1.165, 1.54) is 5.57 Å². The quantitative estimate of drug-likeness (QED) is 0.794. The van der Waals surface area contributed by atoms with Crippen LogP contribution in [0.3, 0.4) is 0 Å². The van der Waals surface area contributed by atoms with E-state index < -0.39 is 0 Å². The molecular formula is C11H13ClN2O. The molecule has 1 aliphatic heterocycles. The molecule has 4 heteroatoms. The number of nitrogens with zero attached hydrogens (tertiary/aromatic N) is 1. The molecule has 0 spiro atoms. The summed E-state index contributed by atoms with van der Waals surface area (Å²) < 4.78 is 0. The molecule has 1 aromatic carbocycles. The molecule has 0 radical (unpaired) electrons. The predicted molar refractivity (Wildman–Crippen MR) is 61.4 cm³/mol. The molecule has 1 aliphatic rings. The van der Waals surface area contributed by atoms with Gasteiger partial charge in [0, 0.05) is 5.02 Å². The van der Waals surface area contributed by atoms with Crippen LogP contribution >= 0.6 is 11.6 Å². The van der Waals surface area contributed by atoms with Crippen LogP contribution in [0.25, 0.3) is 0 Å². The summed E-state index contributed by atoms with van der Waals surface area (Å²) in [5.74, 6) is 0.963. The number of hydrogen-bond donors (Lipinski definition) is 1. The Kier molecular flexibility index (Phi) is 2.84. The van der Waals surface area contributed by atoms with Crippen LogP contribution in [0.1, 0.15) is 13.8 Å². The molecule has 2 rings (SSSR count). The van der Waals surface area contributed by atoms with Crippen molar-refractivity contribution >= 4 is 17.3 Å². The summed E-state index contributed by atoms with van der Waals surface area (Å²) in [4.78, 5) is 5.33. The first-order chi connectivity index (χ1) is 7.16. The van der Waals surface area contributed by atoms with Crippen molar-refractivity contribution in [2.75, 3.05) is 11.6 Å². The lowest BCUT2D eigenvalue weighted by Crippen LogP contribution is -2.29. The van der Waals surface area contributed by atoms with E-state index in [0.29, 0.717) is 0 Å². The van der Waals surface area contributed by atoms with Crippen molar-refractivity contribution in [1.29, 1.82) is 0 Å². The molecule has 15 heavy (non-hydrogen) atoms. The molecule has 0 saturated carbocycles. The molecule has 0 unspecified atom stereocenters. The van der Waals surface area contributed by atoms with Crippen LogP contribution in [0.2, 0.25) is 5.02 Å². The molecular weight excluding hydrogens is 212 g/mol. The Morgan fingerprint density at radius 1 is 1.33 bits per heavy atom. The first-order valence-corrected chi connectivity index (χ1v) is 5.16. The molecule has 3 nitrogen and oxygen atoms in total. The highest BCUT2D eigenvalue weighted by Gasteiger charge is 2.18. The lowest BCUT2D eigenvalue weighted by Gasteiger charge is -2.13. The Labute approximate surface area is 94.2 Å². The van der Waals surface area contributed by atoms with E-state index >= 15 is 0 Å². The smallest absolute Gasteiger partial charge is 0.146 e. The third-order valence-electron chi connectivity index (χ3n) is 2.28. The Morgan fingerprint density at radius 3 is 2.53 bits per heavy atom. The van der Waals surface area contributed by atoms with Gasteiger partial charge < -0.3 is 4.84 Å². The van der Waals surface area contributed by atoms with Crippen LogP contribution in [0, 0.1) is 0 Å². The van der Waals surface area contributed by atoms with Crippen LogP contribution in [0.4, 0.5) is 5.69 Å². The predicted octanol–water partition coefficient (Wildman–Crippen LogP) is 2.89. The molecule has 0 aliphatic carbocycles. The largest absolute Gasteiger partial charge is 0.392 e. The maximum absolute atomic E-state index is 5.82. The number of hydrogen-bond acceptors (Lipinski definition) is 3. The fraction of sp³-hybridized carbons (Fsp3) is 0.273. The summed E-state index contributed by atoms with van der Waals surface area (Å²) in [6, 6.07) is 7.62. The van der Waals surface area contributed by atoms with E-state index in [1.807, 2.05) is 43.1 Å². The maximum Gasteiger partial charge on any atom is 0.146 e. The van der Waals surface area contributed by atoms with E-state index in [0.717, 1.165) is 23.0 Å². The van der Waals surface area contributed by atoms with Gasteiger partial charge in [0.1, 0.15) is 5.76 Å². The van der Waals surface area contributed by atoms with Gasteiger partial charge in [-0.15, -0.1) is 0 Å². The third-order valence-corrected chi connectivity index (χ3v) is 2.53. The number of anilines is 1. The van der Waals surface area contributed by atoms with Gasteiger partial charge in [-0.3, -0.25) is 5.01 Å². The second-order valence-corrected chi connectivity index (χ2v) is 4.12. The zero-order chi connectivity index (χ0) is 10.8. The highest BCUT2D eigenvalue weighted by Crippen LogP contribution is 2.21. The lowest BCUT2D eigenvalue weighted by molar-refractivity contribution is 0.146. The van der Waals surface area contributed by atoms with Gasteiger partial charge in [-0.2, -0.15) is 0 Å². The fourth-order valence-corrected chi connectivity index (χ4v) is 1.47. The van der Waals surface area contributed by atoms with Gasteiger partial charge in [0.25, 0.3) is 0 Å². The summed E-state index contributed by atoms with van der Waals surface area (Å²) in [7, 11) is 0. The standard InChI is InChI=1S/C11H13ClN2O/c1-8(2)11-7-14(13-15-11)10-5-3-9(12)4-6-10/h3-6,13H,7H2,1-2H3. The van der Waals surface area contributed by atoms with Gasteiger partial charge in [-0.25, -0.2) is 0 Å². The number of benzene rings is 1. The van der Waals surface area contributed by atoms with Crippen molar-refractivity contribution in [2.24, 2.45) is 0 Å². The van der Waals surface area contributed by atoms with E-state index in [9.17, 15) is 0 Å². The van der Waals surface area contributed by atoms with E-state index in [-0.39, 0.29) is 0 Å². The van der Waals surface area contributed by atoms with Gasteiger partial charge in [-0.05, 0) is 43.7 Å². The second kappa shape index (κ2) is 4.13. The number of halogens is 1. The van der Waals surface area contributed by atoms with Crippen molar-refractivity contribution in [3.63, 3.8) is 0 Å². The Balaban J connectivity index is 2.15. The summed E-state index contributed by atoms with van der Waals surface area (Å²) in [5, 5.41) is 2.67. The molecule has 1 fully saturated rings. The highest BCUT2D eigenvalue weighted by atomic mass is 35.5. The van der Waals surface area contributed by atoms with E-state index in [2.05, 4.69) is 5.59 Å². The number of rotatable bonds is 1. The van der Waals surface area contributed by atoms with Crippen molar-refractivity contribution in [3.05, 3.63) is 40.6 Å². The SMILES string of the molecule is CC(C)=C1CN(c2ccc(Cl)cc2)NO1. The minimum atomic E-state index is 0.737. The topological polar surface area (TPSA) is 24.5 Å². The Morgan fingerprint density at radius 2 is 2.00 bits per heavy atom. The third kappa shape index (κ3) is 2.25. The summed E-state index contributed by atoms with van der Waals surface area (Å²) in [5.41, 5.74) is 5.07. The monoisotopic (exact) mass is 224 g/mol.